The molecule has 0 saturated carbocycles. The first-order valence-electron chi connectivity index (χ1n) is 8.46. The van der Waals surface area contributed by atoms with Gasteiger partial charge in [-0.2, -0.15) is 0 Å². The van der Waals surface area contributed by atoms with Gasteiger partial charge in [0, 0.05) is 4.47 Å². The largest absolute Gasteiger partial charge is 0.490 e. The van der Waals surface area contributed by atoms with Crippen molar-refractivity contribution in [1.29, 1.82) is 0 Å². The van der Waals surface area contributed by atoms with Gasteiger partial charge in [-0.05, 0) is 56.2 Å². The maximum atomic E-state index is 12.3. The van der Waals surface area contributed by atoms with Crippen molar-refractivity contribution in [3.05, 3.63) is 58.1 Å². The normalized spacial score (nSPS) is 11.7. The van der Waals surface area contributed by atoms with Crippen molar-refractivity contribution < 1.29 is 14.3 Å². The highest BCUT2D eigenvalue weighted by molar-refractivity contribution is 9.10. The van der Waals surface area contributed by atoms with Crippen molar-refractivity contribution in [1.82, 2.24) is 5.32 Å². The highest BCUT2D eigenvalue weighted by atomic mass is 79.9. The van der Waals surface area contributed by atoms with Crippen LogP contribution in [0.25, 0.3) is 0 Å². The fourth-order valence-electron chi connectivity index (χ4n) is 2.55. The molecule has 0 unspecified atom stereocenters. The fourth-order valence-corrected chi connectivity index (χ4v) is 2.99. The number of nitrogens with one attached hydrogen (secondary N) is 1. The topological polar surface area (TPSA) is 47.6 Å². The van der Waals surface area contributed by atoms with Crippen molar-refractivity contribution in [2.75, 3.05) is 13.2 Å². The molecular weight excluding hydrogens is 382 g/mol. The molecule has 1 amide bonds. The predicted octanol–water partition coefficient (Wildman–Crippen LogP) is 4.67. The average molecular weight is 406 g/mol. The van der Waals surface area contributed by atoms with E-state index in [9.17, 15) is 4.79 Å². The van der Waals surface area contributed by atoms with Gasteiger partial charge in [0.25, 0.3) is 0 Å². The molecule has 0 saturated heterocycles. The molecule has 4 nitrogen and oxygen atoms in total. The Hall–Kier alpha value is -2.01. The zero-order valence-corrected chi connectivity index (χ0v) is 16.4. The third kappa shape index (κ3) is 5.78. The van der Waals surface area contributed by atoms with Gasteiger partial charge in [0.15, 0.2) is 11.5 Å². The van der Waals surface area contributed by atoms with Crippen molar-refractivity contribution in [3.63, 3.8) is 0 Å². The summed E-state index contributed by atoms with van der Waals surface area (Å²) in [5.74, 6) is 1.41. The Bertz CT molecular complexity index is 718. The molecule has 25 heavy (non-hydrogen) atoms. The van der Waals surface area contributed by atoms with Crippen LogP contribution >= 0.6 is 15.9 Å². The van der Waals surface area contributed by atoms with E-state index < -0.39 is 0 Å². The second kappa shape index (κ2) is 9.47. The maximum Gasteiger partial charge on any atom is 0.224 e. The summed E-state index contributed by atoms with van der Waals surface area (Å²) in [6.45, 7) is 6.98. The summed E-state index contributed by atoms with van der Waals surface area (Å²) in [7, 11) is 0. The van der Waals surface area contributed by atoms with Crippen molar-refractivity contribution in [2.24, 2.45) is 0 Å². The first-order chi connectivity index (χ1) is 12.0. The third-order valence-corrected chi connectivity index (χ3v) is 4.19. The van der Waals surface area contributed by atoms with E-state index in [1.807, 2.05) is 63.2 Å². The van der Waals surface area contributed by atoms with Crippen LogP contribution in [-0.4, -0.2) is 19.1 Å². The highest BCUT2D eigenvalue weighted by Crippen LogP contribution is 2.30. The predicted molar refractivity (Wildman–Crippen MR) is 103 cm³/mol. The molecule has 5 heteroatoms. The summed E-state index contributed by atoms with van der Waals surface area (Å²) >= 11 is 3.42. The van der Waals surface area contributed by atoms with Crippen LogP contribution in [0.15, 0.2) is 46.9 Å². The van der Waals surface area contributed by atoms with E-state index in [-0.39, 0.29) is 11.9 Å². The molecule has 2 aromatic carbocycles. The molecule has 0 spiro atoms. The molecule has 0 aromatic heterocycles. The number of amides is 1. The molecular formula is C20H24BrNO3. The third-order valence-electron chi connectivity index (χ3n) is 3.70. The number of benzene rings is 2. The molecule has 2 aromatic rings. The van der Waals surface area contributed by atoms with E-state index in [2.05, 4.69) is 21.2 Å². The van der Waals surface area contributed by atoms with Gasteiger partial charge in [0.1, 0.15) is 0 Å². The average Bonchev–Trinajstić information content (AvgIpc) is 2.56. The Morgan fingerprint density at radius 2 is 1.80 bits per heavy atom. The number of carbonyl (C=O) groups excluding carboxylic acids is 1. The molecule has 0 heterocycles. The van der Waals surface area contributed by atoms with E-state index in [1.54, 1.807) is 0 Å². The maximum absolute atomic E-state index is 12.3. The molecule has 0 bridgehead atoms. The van der Waals surface area contributed by atoms with Crippen molar-refractivity contribution >= 4 is 21.8 Å². The summed E-state index contributed by atoms with van der Waals surface area (Å²) in [6, 6.07) is 13.4. The Morgan fingerprint density at radius 1 is 1.08 bits per heavy atom. The first kappa shape index (κ1) is 19.3. The summed E-state index contributed by atoms with van der Waals surface area (Å²) in [4.78, 5) is 12.3. The Balaban J connectivity index is 2.05. The molecule has 0 aliphatic carbocycles. The number of carbonyl (C=O) groups is 1. The molecule has 1 atom stereocenters. The lowest BCUT2D eigenvalue weighted by atomic mass is 10.1. The minimum absolute atomic E-state index is 0.0163. The zero-order valence-electron chi connectivity index (χ0n) is 14.8. The molecule has 134 valence electrons. The van der Waals surface area contributed by atoms with E-state index in [4.69, 9.17) is 9.47 Å². The second-order valence-electron chi connectivity index (χ2n) is 5.67. The van der Waals surface area contributed by atoms with Crippen LogP contribution in [0.1, 0.15) is 37.9 Å². The lowest BCUT2D eigenvalue weighted by Crippen LogP contribution is -2.28. The fraction of sp³-hybridized carbons (Fsp3) is 0.350. The van der Waals surface area contributed by atoms with Crippen molar-refractivity contribution in [2.45, 2.75) is 33.2 Å². The summed E-state index contributed by atoms with van der Waals surface area (Å²) < 4.78 is 12.2. The van der Waals surface area contributed by atoms with Crippen LogP contribution < -0.4 is 14.8 Å². The number of halogens is 1. The Kier molecular flexibility index (Phi) is 7.31. The quantitative estimate of drug-likeness (QED) is 0.693. The van der Waals surface area contributed by atoms with E-state index in [0.717, 1.165) is 21.3 Å². The molecule has 0 fully saturated rings. The Morgan fingerprint density at radius 3 is 2.48 bits per heavy atom. The summed E-state index contributed by atoms with van der Waals surface area (Å²) in [5, 5.41) is 3.03. The highest BCUT2D eigenvalue weighted by Gasteiger charge is 2.13. The monoisotopic (exact) mass is 405 g/mol. The number of ether oxygens (including phenoxy) is 2. The van der Waals surface area contributed by atoms with E-state index >= 15 is 0 Å². The summed E-state index contributed by atoms with van der Waals surface area (Å²) in [5.41, 5.74) is 1.95. The van der Waals surface area contributed by atoms with Gasteiger partial charge in [-0.25, -0.2) is 0 Å². The number of hydrogen-bond acceptors (Lipinski definition) is 3. The first-order valence-corrected chi connectivity index (χ1v) is 9.26. The Labute approximate surface area is 157 Å². The molecule has 0 aliphatic rings. The minimum Gasteiger partial charge on any atom is -0.490 e. The van der Waals surface area contributed by atoms with E-state index in [0.29, 0.717) is 25.4 Å². The van der Waals surface area contributed by atoms with Crippen LogP contribution in [0.4, 0.5) is 0 Å². The molecule has 1 N–H and O–H groups in total. The van der Waals surface area contributed by atoms with Gasteiger partial charge in [0.05, 0.1) is 25.7 Å². The van der Waals surface area contributed by atoms with Crippen LogP contribution in [-0.2, 0) is 11.2 Å². The van der Waals surface area contributed by atoms with Crippen LogP contribution in [0, 0.1) is 0 Å². The van der Waals surface area contributed by atoms with Crippen LogP contribution in [0.3, 0.4) is 0 Å². The lowest BCUT2D eigenvalue weighted by Gasteiger charge is -2.17. The van der Waals surface area contributed by atoms with Crippen LogP contribution in [0.2, 0.25) is 0 Å². The van der Waals surface area contributed by atoms with Gasteiger partial charge >= 0.3 is 0 Å². The molecule has 0 radical (unpaired) electrons. The van der Waals surface area contributed by atoms with Gasteiger partial charge < -0.3 is 14.8 Å². The SMILES string of the molecule is CCOc1ccc([C@H](C)NC(=O)Cc2cccc(Br)c2)cc1OCC. The number of rotatable bonds is 8. The van der Waals surface area contributed by atoms with E-state index in [1.165, 1.54) is 0 Å². The van der Waals surface area contributed by atoms with Gasteiger partial charge in [-0.15, -0.1) is 0 Å². The van der Waals surface area contributed by atoms with Gasteiger partial charge in [0.2, 0.25) is 5.91 Å². The van der Waals surface area contributed by atoms with Crippen molar-refractivity contribution in [3.8, 4) is 11.5 Å². The zero-order chi connectivity index (χ0) is 18.2. The number of hydrogen-bond donors (Lipinski definition) is 1. The molecule has 2 rings (SSSR count). The lowest BCUT2D eigenvalue weighted by molar-refractivity contribution is -0.121. The smallest absolute Gasteiger partial charge is 0.224 e. The van der Waals surface area contributed by atoms with Gasteiger partial charge in [-0.1, -0.05) is 34.1 Å². The minimum atomic E-state index is -0.116. The second-order valence-corrected chi connectivity index (χ2v) is 6.58. The standard InChI is InChI=1S/C20H24BrNO3/c1-4-24-18-10-9-16(13-19(18)25-5-2)14(3)22-20(23)12-15-7-6-8-17(21)11-15/h6-11,13-14H,4-5,12H2,1-3H3,(H,22,23)/t14-/m0/s1. The summed E-state index contributed by atoms with van der Waals surface area (Å²) in [6.07, 6.45) is 0.346. The van der Waals surface area contributed by atoms with Gasteiger partial charge in [-0.3, -0.25) is 4.79 Å². The molecule has 0 aliphatic heterocycles. The van der Waals surface area contributed by atoms with Crippen LogP contribution in [0.5, 0.6) is 11.5 Å².